The number of fused-ring (bicyclic) bond motifs is 1. The van der Waals surface area contributed by atoms with Crippen LogP contribution in [0, 0.1) is 0 Å². The molecule has 24 heavy (non-hydrogen) atoms. The van der Waals surface area contributed by atoms with Crippen molar-refractivity contribution in [2.45, 2.75) is 26.2 Å². The topological polar surface area (TPSA) is 59.7 Å². The lowest BCUT2D eigenvalue weighted by Crippen LogP contribution is -2.04. The van der Waals surface area contributed by atoms with Crippen LogP contribution in [0.4, 0.5) is 0 Å². The minimum Gasteiger partial charge on any atom is -0.508 e. The molecule has 1 N–H and O–H groups in total. The molecule has 3 aromatic rings. The molecular formula is C20H20O4. The quantitative estimate of drug-likeness (QED) is 0.666. The van der Waals surface area contributed by atoms with E-state index in [1.807, 2.05) is 0 Å². The van der Waals surface area contributed by atoms with Crippen LogP contribution in [0.5, 0.6) is 11.5 Å². The van der Waals surface area contributed by atoms with Crippen LogP contribution in [0.25, 0.3) is 11.0 Å². The Labute approximate surface area is 140 Å². The van der Waals surface area contributed by atoms with Gasteiger partial charge in [-0.1, -0.05) is 13.3 Å². The van der Waals surface area contributed by atoms with Crippen molar-refractivity contribution in [3.8, 4) is 11.5 Å². The molecule has 0 aliphatic heterocycles. The van der Waals surface area contributed by atoms with Crippen LogP contribution in [0.1, 0.15) is 41.4 Å². The van der Waals surface area contributed by atoms with Gasteiger partial charge in [-0.2, -0.15) is 0 Å². The summed E-state index contributed by atoms with van der Waals surface area (Å²) in [5.74, 6) is 1.40. The van der Waals surface area contributed by atoms with Crippen LogP contribution in [0.15, 0.2) is 46.9 Å². The first-order valence-electron chi connectivity index (χ1n) is 8.07. The van der Waals surface area contributed by atoms with Gasteiger partial charge in [-0.05, 0) is 48.9 Å². The molecular weight excluding hydrogens is 304 g/mol. The fourth-order valence-corrected chi connectivity index (χ4v) is 2.79. The van der Waals surface area contributed by atoms with Gasteiger partial charge in [-0.25, -0.2) is 0 Å². The number of rotatable bonds is 6. The number of unbranched alkanes of at least 4 members (excludes halogenated alkanes) is 1. The summed E-state index contributed by atoms with van der Waals surface area (Å²) in [5, 5.41) is 10.4. The zero-order valence-electron chi connectivity index (χ0n) is 13.8. The lowest BCUT2D eigenvalue weighted by Gasteiger charge is -2.04. The molecule has 0 spiro atoms. The number of ketones is 1. The molecule has 1 heterocycles. The van der Waals surface area contributed by atoms with Crippen molar-refractivity contribution in [3.63, 3.8) is 0 Å². The smallest absolute Gasteiger partial charge is 0.197 e. The molecule has 0 aliphatic carbocycles. The summed E-state index contributed by atoms with van der Waals surface area (Å²) in [6.07, 6.45) is 2.65. The Kier molecular flexibility index (Phi) is 4.56. The monoisotopic (exact) mass is 324 g/mol. The number of phenols is 1. The fraction of sp³-hybridized carbons (Fsp3) is 0.250. The van der Waals surface area contributed by atoms with E-state index in [9.17, 15) is 9.90 Å². The molecule has 0 bridgehead atoms. The van der Waals surface area contributed by atoms with E-state index in [2.05, 4.69) is 6.92 Å². The third-order valence-electron chi connectivity index (χ3n) is 4.08. The van der Waals surface area contributed by atoms with Gasteiger partial charge in [-0.3, -0.25) is 4.79 Å². The maximum atomic E-state index is 13.0. The highest BCUT2D eigenvalue weighted by atomic mass is 16.5. The van der Waals surface area contributed by atoms with E-state index in [-0.39, 0.29) is 11.5 Å². The van der Waals surface area contributed by atoms with Gasteiger partial charge in [0.1, 0.15) is 22.8 Å². The number of methoxy groups -OCH3 is 1. The van der Waals surface area contributed by atoms with Crippen molar-refractivity contribution in [1.29, 1.82) is 0 Å². The first kappa shape index (κ1) is 16.1. The predicted molar refractivity (Wildman–Crippen MR) is 92.9 cm³/mol. The van der Waals surface area contributed by atoms with Crippen LogP contribution in [-0.2, 0) is 6.42 Å². The number of ether oxygens (including phenoxy) is 1. The average molecular weight is 324 g/mol. The van der Waals surface area contributed by atoms with E-state index in [1.165, 1.54) is 0 Å². The minimum absolute atomic E-state index is 0.104. The van der Waals surface area contributed by atoms with E-state index >= 15 is 0 Å². The summed E-state index contributed by atoms with van der Waals surface area (Å²) in [7, 11) is 1.59. The molecule has 0 unspecified atom stereocenters. The van der Waals surface area contributed by atoms with Gasteiger partial charge in [0.15, 0.2) is 5.78 Å². The molecule has 0 radical (unpaired) electrons. The summed E-state index contributed by atoms with van der Waals surface area (Å²) in [4.78, 5) is 13.0. The number of hydrogen-bond acceptors (Lipinski definition) is 4. The largest absolute Gasteiger partial charge is 0.508 e. The van der Waals surface area contributed by atoms with Crippen LogP contribution in [0.2, 0.25) is 0 Å². The molecule has 0 atom stereocenters. The Morgan fingerprint density at radius 3 is 2.58 bits per heavy atom. The van der Waals surface area contributed by atoms with Crippen LogP contribution in [0.3, 0.4) is 0 Å². The van der Waals surface area contributed by atoms with Crippen LogP contribution in [-0.4, -0.2) is 18.0 Å². The molecule has 0 aliphatic rings. The molecule has 2 aromatic carbocycles. The summed E-state index contributed by atoms with van der Waals surface area (Å²) < 4.78 is 11.0. The van der Waals surface area contributed by atoms with Gasteiger partial charge in [-0.15, -0.1) is 0 Å². The number of hydrogen-bond donors (Lipinski definition) is 1. The Balaban J connectivity index is 2.10. The SMILES string of the molecule is CCCCc1oc2ccc(O)cc2c1C(=O)c1ccc(OC)cc1. The molecule has 124 valence electrons. The Hall–Kier alpha value is -2.75. The van der Waals surface area contributed by atoms with Gasteiger partial charge in [0.25, 0.3) is 0 Å². The first-order chi connectivity index (χ1) is 11.6. The molecule has 3 rings (SSSR count). The number of benzene rings is 2. The van der Waals surface area contributed by atoms with Gasteiger partial charge >= 0.3 is 0 Å². The van der Waals surface area contributed by atoms with E-state index < -0.39 is 0 Å². The normalized spacial score (nSPS) is 10.9. The third kappa shape index (κ3) is 3.00. The molecule has 0 fully saturated rings. The van der Waals surface area contributed by atoms with Gasteiger partial charge in [0.05, 0.1) is 12.7 Å². The highest BCUT2D eigenvalue weighted by Crippen LogP contribution is 2.32. The molecule has 4 heteroatoms. The van der Waals surface area contributed by atoms with Gasteiger partial charge in [0.2, 0.25) is 0 Å². The van der Waals surface area contributed by atoms with Crippen molar-refractivity contribution in [2.24, 2.45) is 0 Å². The predicted octanol–water partition coefficient (Wildman–Crippen LogP) is 4.72. The van der Waals surface area contributed by atoms with Crippen LogP contribution >= 0.6 is 0 Å². The number of phenolic OH excluding ortho intramolecular Hbond substituents is 1. The Morgan fingerprint density at radius 1 is 1.17 bits per heavy atom. The minimum atomic E-state index is -0.104. The molecule has 4 nitrogen and oxygen atoms in total. The lowest BCUT2D eigenvalue weighted by atomic mass is 9.98. The second-order valence-corrected chi connectivity index (χ2v) is 5.74. The summed E-state index contributed by atoms with van der Waals surface area (Å²) >= 11 is 0. The lowest BCUT2D eigenvalue weighted by molar-refractivity contribution is 0.103. The second-order valence-electron chi connectivity index (χ2n) is 5.74. The number of carbonyl (C=O) groups excluding carboxylic acids is 1. The summed E-state index contributed by atoms with van der Waals surface area (Å²) in [5.41, 5.74) is 1.73. The number of aromatic hydroxyl groups is 1. The van der Waals surface area contributed by atoms with E-state index in [4.69, 9.17) is 9.15 Å². The van der Waals surface area contributed by atoms with Crippen molar-refractivity contribution >= 4 is 16.8 Å². The highest BCUT2D eigenvalue weighted by molar-refractivity contribution is 6.17. The van der Waals surface area contributed by atoms with Gasteiger partial charge in [0, 0.05) is 17.4 Å². The van der Waals surface area contributed by atoms with Gasteiger partial charge < -0.3 is 14.3 Å². The molecule has 1 aromatic heterocycles. The maximum absolute atomic E-state index is 13.0. The first-order valence-corrected chi connectivity index (χ1v) is 8.07. The van der Waals surface area contributed by atoms with Crippen molar-refractivity contribution < 1.29 is 19.1 Å². The molecule has 0 amide bonds. The van der Waals surface area contributed by atoms with Crippen molar-refractivity contribution in [3.05, 3.63) is 59.4 Å². The average Bonchev–Trinajstić information content (AvgIpc) is 2.96. The Morgan fingerprint density at radius 2 is 1.92 bits per heavy atom. The third-order valence-corrected chi connectivity index (χ3v) is 4.08. The zero-order chi connectivity index (χ0) is 17.1. The van der Waals surface area contributed by atoms with E-state index in [0.717, 1.165) is 12.8 Å². The number of aryl methyl sites for hydroxylation is 1. The van der Waals surface area contributed by atoms with Crippen molar-refractivity contribution in [1.82, 2.24) is 0 Å². The van der Waals surface area contributed by atoms with Crippen LogP contribution < -0.4 is 4.74 Å². The number of furan rings is 1. The standard InChI is InChI=1S/C20H20O4/c1-3-4-5-18-19(16-12-14(21)8-11-17(16)24-18)20(22)13-6-9-15(23-2)10-7-13/h6-12,21H,3-5H2,1-2H3. The van der Waals surface area contributed by atoms with Crippen molar-refractivity contribution in [2.75, 3.05) is 7.11 Å². The zero-order valence-corrected chi connectivity index (χ0v) is 13.8. The van der Waals surface area contributed by atoms with E-state index in [1.54, 1.807) is 49.6 Å². The summed E-state index contributed by atoms with van der Waals surface area (Å²) in [6, 6.07) is 11.9. The number of carbonyl (C=O) groups is 1. The maximum Gasteiger partial charge on any atom is 0.197 e. The summed E-state index contributed by atoms with van der Waals surface area (Å²) in [6.45, 7) is 2.10. The second kappa shape index (κ2) is 6.79. The van der Waals surface area contributed by atoms with E-state index in [0.29, 0.717) is 40.0 Å². The molecule has 0 saturated carbocycles. The highest BCUT2D eigenvalue weighted by Gasteiger charge is 2.22. The molecule has 0 saturated heterocycles. The Bertz CT molecular complexity index is 859. The fourth-order valence-electron chi connectivity index (χ4n) is 2.79.